The molecule has 144 valence electrons. The highest BCUT2D eigenvalue weighted by molar-refractivity contribution is 6.00. The first-order chi connectivity index (χ1) is 14.8. The first-order valence-electron chi connectivity index (χ1n) is 9.39. The van der Waals surface area contributed by atoms with Gasteiger partial charge in [0.25, 0.3) is 0 Å². The third-order valence-corrected chi connectivity index (χ3v) is 5.24. The Morgan fingerprint density at radius 2 is 1.87 bits per heavy atom. The molecule has 0 amide bonds. The lowest BCUT2D eigenvalue weighted by Gasteiger charge is -2.02. The molecule has 0 spiro atoms. The van der Waals surface area contributed by atoms with Gasteiger partial charge >= 0.3 is 0 Å². The van der Waals surface area contributed by atoms with E-state index < -0.39 is 0 Å². The Kier molecular flexibility index (Phi) is 3.48. The summed E-state index contributed by atoms with van der Waals surface area (Å²) in [5.74, 6) is 0.133. The molecule has 30 heavy (non-hydrogen) atoms. The van der Waals surface area contributed by atoms with E-state index in [-0.39, 0.29) is 5.75 Å². The quantitative estimate of drug-likeness (QED) is 0.386. The van der Waals surface area contributed by atoms with Crippen molar-refractivity contribution in [2.45, 2.75) is 0 Å². The largest absolute Gasteiger partial charge is 0.506 e. The van der Waals surface area contributed by atoms with Crippen molar-refractivity contribution in [2.24, 2.45) is 0 Å². The lowest BCUT2D eigenvalue weighted by molar-refractivity contribution is 0.473. The zero-order valence-corrected chi connectivity index (χ0v) is 15.6. The van der Waals surface area contributed by atoms with Crippen LogP contribution in [-0.4, -0.2) is 30.3 Å². The van der Waals surface area contributed by atoms with Crippen molar-refractivity contribution < 1.29 is 9.52 Å². The molecule has 6 rings (SSSR count). The van der Waals surface area contributed by atoms with E-state index in [9.17, 15) is 5.11 Å². The molecule has 0 aliphatic rings. The number of aromatic nitrogens is 5. The van der Waals surface area contributed by atoms with Gasteiger partial charge in [-0.05, 0) is 47.5 Å². The van der Waals surface area contributed by atoms with Gasteiger partial charge in [-0.15, -0.1) is 0 Å². The maximum atomic E-state index is 9.77. The Morgan fingerprint density at radius 1 is 0.900 bits per heavy atom. The molecule has 7 nitrogen and oxygen atoms in total. The number of furan rings is 1. The number of aromatic amines is 2. The zero-order chi connectivity index (χ0) is 20.1. The van der Waals surface area contributed by atoms with E-state index in [0.29, 0.717) is 0 Å². The number of aromatic hydroxyl groups is 1. The van der Waals surface area contributed by atoms with Gasteiger partial charge in [0.05, 0.1) is 29.9 Å². The zero-order valence-electron chi connectivity index (χ0n) is 15.6. The van der Waals surface area contributed by atoms with E-state index in [1.54, 1.807) is 31.0 Å². The normalized spacial score (nSPS) is 11.5. The predicted molar refractivity (Wildman–Crippen MR) is 114 cm³/mol. The fraction of sp³-hybridized carbons (Fsp3) is 0. The monoisotopic (exact) mass is 393 g/mol. The van der Waals surface area contributed by atoms with Gasteiger partial charge in [-0.2, -0.15) is 5.10 Å². The molecule has 0 aliphatic carbocycles. The fourth-order valence-electron chi connectivity index (χ4n) is 3.81. The number of H-pyrrole nitrogens is 2. The summed E-state index contributed by atoms with van der Waals surface area (Å²) in [5, 5.41) is 19.4. The maximum Gasteiger partial charge on any atom is 0.138 e. The molecule has 0 atom stereocenters. The van der Waals surface area contributed by atoms with Gasteiger partial charge in [-0.1, -0.05) is 6.07 Å². The van der Waals surface area contributed by atoms with Crippen molar-refractivity contribution >= 4 is 21.9 Å². The second-order valence-electron chi connectivity index (χ2n) is 7.08. The van der Waals surface area contributed by atoms with Gasteiger partial charge < -0.3 is 14.5 Å². The van der Waals surface area contributed by atoms with Gasteiger partial charge in [0.1, 0.15) is 17.1 Å². The third kappa shape index (κ3) is 2.56. The molecule has 0 aliphatic heterocycles. The molecule has 0 radical (unpaired) electrons. The SMILES string of the molecule is Oc1cncc(-c2ccc3[nH]nc(-c4cc5c(-c6ccoc6)ccnc5[nH]4)c3c2)c1. The van der Waals surface area contributed by atoms with Crippen molar-refractivity contribution in [3.63, 3.8) is 0 Å². The summed E-state index contributed by atoms with van der Waals surface area (Å²) in [5.41, 5.74) is 7.20. The van der Waals surface area contributed by atoms with Gasteiger partial charge in [-0.25, -0.2) is 4.98 Å². The van der Waals surface area contributed by atoms with Gasteiger partial charge in [0, 0.05) is 34.3 Å². The average Bonchev–Trinajstić information content (AvgIpc) is 3.51. The highest BCUT2D eigenvalue weighted by Crippen LogP contribution is 2.34. The molecule has 1 aromatic carbocycles. The van der Waals surface area contributed by atoms with Gasteiger partial charge in [0.2, 0.25) is 0 Å². The molecule has 6 aromatic rings. The van der Waals surface area contributed by atoms with Crippen molar-refractivity contribution in [3.05, 3.63) is 73.6 Å². The molecule has 0 unspecified atom stereocenters. The Labute approximate surface area is 170 Å². The van der Waals surface area contributed by atoms with E-state index in [2.05, 4.69) is 31.2 Å². The lowest BCUT2D eigenvalue weighted by atomic mass is 10.0. The van der Waals surface area contributed by atoms with E-state index in [0.717, 1.165) is 55.6 Å². The molecule has 0 fully saturated rings. The average molecular weight is 393 g/mol. The minimum atomic E-state index is 0.133. The van der Waals surface area contributed by atoms with Crippen LogP contribution in [0.3, 0.4) is 0 Å². The summed E-state index contributed by atoms with van der Waals surface area (Å²) in [6.45, 7) is 0. The maximum absolute atomic E-state index is 9.77. The fourth-order valence-corrected chi connectivity index (χ4v) is 3.81. The topological polar surface area (TPSA) is 104 Å². The minimum Gasteiger partial charge on any atom is -0.506 e. The van der Waals surface area contributed by atoms with Crippen molar-refractivity contribution in [1.82, 2.24) is 25.1 Å². The van der Waals surface area contributed by atoms with Crippen LogP contribution in [-0.2, 0) is 0 Å². The number of nitrogens with one attached hydrogen (secondary N) is 2. The summed E-state index contributed by atoms with van der Waals surface area (Å²) >= 11 is 0. The molecular weight excluding hydrogens is 378 g/mol. The molecular formula is C23H15N5O2. The molecule has 0 saturated heterocycles. The van der Waals surface area contributed by atoms with Crippen LogP contribution in [0.15, 0.2) is 78.0 Å². The smallest absolute Gasteiger partial charge is 0.138 e. The second-order valence-corrected chi connectivity index (χ2v) is 7.08. The number of benzene rings is 1. The Bertz CT molecular complexity index is 1510. The van der Waals surface area contributed by atoms with E-state index in [1.165, 1.54) is 6.20 Å². The highest BCUT2D eigenvalue weighted by atomic mass is 16.3. The van der Waals surface area contributed by atoms with E-state index in [4.69, 9.17) is 4.42 Å². The molecule has 7 heteroatoms. The number of fused-ring (bicyclic) bond motifs is 2. The Balaban J connectivity index is 1.52. The van der Waals surface area contributed by atoms with Crippen molar-refractivity contribution in [1.29, 1.82) is 0 Å². The highest BCUT2D eigenvalue weighted by Gasteiger charge is 2.15. The summed E-state index contributed by atoms with van der Waals surface area (Å²) in [4.78, 5) is 11.9. The first-order valence-corrected chi connectivity index (χ1v) is 9.39. The third-order valence-electron chi connectivity index (χ3n) is 5.24. The summed E-state index contributed by atoms with van der Waals surface area (Å²) < 4.78 is 5.25. The molecule has 0 bridgehead atoms. The van der Waals surface area contributed by atoms with Crippen molar-refractivity contribution in [2.75, 3.05) is 0 Å². The first kappa shape index (κ1) is 16.6. The lowest BCUT2D eigenvalue weighted by Crippen LogP contribution is -1.82. The van der Waals surface area contributed by atoms with Crippen LogP contribution in [0.25, 0.3) is 55.6 Å². The van der Waals surface area contributed by atoms with Crippen LogP contribution in [0.2, 0.25) is 0 Å². The van der Waals surface area contributed by atoms with Crippen LogP contribution in [0.4, 0.5) is 0 Å². The molecule has 3 N–H and O–H groups in total. The van der Waals surface area contributed by atoms with Gasteiger partial charge in [0.15, 0.2) is 0 Å². The molecule has 5 aromatic heterocycles. The van der Waals surface area contributed by atoms with Crippen LogP contribution < -0.4 is 0 Å². The van der Waals surface area contributed by atoms with Crippen LogP contribution in [0, 0.1) is 0 Å². The number of nitrogens with zero attached hydrogens (tertiary/aromatic N) is 3. The van der Waals surface area contributed by atoms with Crippen LogP contribution in [0.1, 0.15) is 0 Å². The van der Waals surface area contributed by atoms with Crippen LogP contribution >= 0.6 is 0 Å². The van der Waals surface area contributed by atoms with E-state index >= 15 is 0 Å². The molecule has 0 saturated carbocycles. The van der Waals surface area contributed by atoms with Gasteiger partial charge in [-0.3, -0.25) is 10.1 Å². The van der Waals surface area contributed by atoms with Crippen LogP contribution in [0.5, 0.6) is 5.75 Å². The standard InChI is InChI=1S/C23H15N5O2/c29-16-7-15(10-24-11-16)13-1-2-20-19(8-13)22(28-27-20)21-9-18-17(14-4-6-30-12-14)3-5-25-23(18)26-21/h1-12,29H,(H,25,26)(H,27,28). The Morgan fingerprint density at radius 3 is 2.73 bits per heavy atom. The van der Waals surface area contributed by atoms with E-state index in [1.807, 2.05) is 30.3 Å². The molecule has 5 heterocycles. The number of rotatable bonds is 3. The van der Waals surface area contributed by atoms with Crippen molar-refractivity contribution in [3.8, 4) is 39.4 Å². The summed E-state index contributed by atoms with van der Waals surface area (Å²) in [7, 11) is 0. The minimum absolute atomic E-state index is 0.133. The predicted octanol–water partition coefficient (Wildman–Crippen LogP) is 5.13. The summed E-state index contributed by atoms with van der Waals surface area (Å²) in [6, 6.07) is 13.6. The Hall–Kier alpha value is -4.39. The number of hydrogen-bond donors (Lipinski definition) is 3. The number of pyridine rings is 2. The second kappa shape index (κ2) is 6.31. The summed E-state index contributed by atoms with van der Waals surface area (Å²) in [6.07, 6.45) is 8.31. The number of hydrogen-bond acceptors (Lipinski definition) is 5.